The highest BCUT2D eigenvalue weighted by molar-refractivity contribution is 4.99. The molecule has 0 aliphatic carbocycles. The first-order chi connectivity index (χ1) is 4.81. The van der Waals surface area contributed by atoms with Crippen LogP contribution in [0.3, 0.4) is 0 Å². The van der Waals surface area contributed by atoms with E-state index < -0.39 is 0 Å². The van der Waals surface area contributed by atoms with Gasteiger partial charge in [0.1, 0.15) is 0 Å². The van der Waals surface area contributed by atoms with Gasteiger partial charge in [0.05, 0.1) is 0 Å². The molecule has 0 amide bonds. The summed E-state index contributed by atoms with van der Waals surface area (Å²) in [5, 5.41) is 0. The Morgan fingerprint density at radius 2 is 2.00 bits per heavy atom. The summed E-state index contributed by atoms with van der Waals surface area (Å²) < 4.78 is 0. The number of hydrogen-bond acceptors (Lipinski definition) is 1. The smallest absolute Gasteiger partial charge is 0.0372 e. The molecule has 10 heavy (non-hydrogen) atoms. The lowest BCUT2D eigenvalue weighted by Gasteiger charge is -1.82. The first kappa shape index (κ1) is 8.46. The first-order valence-corrected chi connectivity index (χ1v) is 2.67. The molecule has 0 atom stereocenters. The van der Waals surface area contributed by atoms with E-state index in [0.717, 1.165) is 5.69 Å². The number of nitrogens with zero attached hydrogens (tertiary/aromatic N) is 4. The van der Waals surface area contributed by atoms with Crippen LogP contribution in [-0.4, -0.2) is 4.98 Å². The molecule has 52 valence electrons. The van der Waals surface area contributed by atoms with Crippen LogP contribution in [0.15, 0.2) is 24.4 Å². The predicted molar refractivity (Wildman–Crippen MR) is 39.1 cm³/mol. The summed E-state index contributed by atoms with van der Waals surface area (Å²) in [6.07, 6.45) is 1.79. The third-order valence-corrected chi connectivity index (χ3v) is 0.813. The number of pyridine rings is 1. The average molecular weight is 135 g/mol. The van der Waals surface area contributed by atoms with E-state index >= 15 is 0 Å². The molecule has 0 unspecified atom stereocenters. The SMILES string of the molecule is Cc1ccccn1.[N-]=[N+]=[N-]. The minimum absolute atomic E-state index is 1.07. The molecule has 0 aromatic carbocycles. The number of rotatable bonds is 0. The molecule has 1 aromatic heterocycles. The summed E-state index contributed by atoms with van der Waals surface area (Å²) in [5.41, 5.74) is 14.6. The molecule has 0 saturated heterocycles. The molecule has 0 radical (unpaired) electrons. The zero-order valence-electron chi connectivity index (χ0n) is 5.60. The van der Waals surface area contributed by atoms with E-state index in [9.17, 15) is 0 Å². The van der Waals surface area contributed by atoms with Crippen molar-refractivity contribution in [1.29, 1.82) is 0 Å². The zero-order chi connectivity index (χ0) is 7.82. The Kier molecular flexibility index (Phi) is 4.73. The molecule has 4 nitrogen and oxygen atoms in total. The van der Waals surface area contributed by atoms with Crippen molar-refractivity contribution in [3.05, 3.63) is 46.1 Å². The molecule has 0 bridgehead atoms. The van der Waals surface area contributed by atoms with Crippen LogP contribution in [0, 0.1) is 6.92 Å². The summed E-state index contributed by atoms with van der Waals surface area (Å²) >= 11 is 0. The van der Waals surface area contributed by atoms with Gasteiger partial charge in [0.25, 0.3) is 0 Å². The average Bonchev–Trinajstić information content (AvgIpc) is 1.91. The standard InChI is InChI=1S/C6H7N.N3/c1-6-4-2-3-5-7-6;1-3-2/h2-5H,1H3;/q;-1. The molecule has 0 saturated carbocycles. The van der Waals surface area contributed by atoms with Crippen molar-refractivity contribution in [1.82, 2.24) is 4.98 Å². The highest BCUT2D eigenvalue weighted by atomic mass is 15.0. The Labute approximate surface area is 58.9 Å². The normalized spacial score (nSPS) is 6.90. The minimum atomic E-state index is 1.07. The summed E-state index contributed by atoms with van der Waals surface area (Å²) in [5.74, 6) is 0. The van der Waals surface area contributed by atoms with Gasteiger partial charge in [-0.2, -0.15) is 0 Å². The van der Waals surface area contributed by atoms with Crippen LogP contribution in [0.5, 0.6) is 0 Å². The Bertz CT molecular complexity index is 200. The molecular weight excluding hydrogens is 128 g/mol. The molecule has 0 fully saturated rings. The van der Waals surface area contributed by atoms with E-state index in [1.165, 1.54) is 4.91 Å². The third kappa shape index (κ3) is 4.61. The van der Waals surface area contributed by atoms with E-state index in [-0.39, 0.29) is 0 Å². The lowest BCUT2D eigenvalue weighted by Crippen LogP contribution is -1.72. The summed E-state index contributed by atoms with van der Waals surface area (Å²) in [6.45, 7) is 1.97. The van der Waals surface area contributed by atoms with Gasteiger partial charge in [-0.05, 0) is 19.1 Å². The minimum Gasteiger partial charge on any atom is -0.373 e. The fourth-order valence-electron chi connectivity index (χ4n) is 0.448. The van der Waals surface area contributed by atoms with Crippen LogP contribution in [-0.2, 0) is 0 Å². The molecular formula is C6H7N4-. The van der Waals surface area contributed by atoms with E-state index in [1.54, 1.807) is 6.20 Å². The van der Waals surface area contributed by atoms with Crippen LogP contribution in [0.4, 0.5) is 0 Å². The molecule has 1 aromatic rings. The van der Waals surface area contributed by atoms with Gasteiger partial charge in [0.2, 0.25) is 0 Å². The number of aromatic nitrogens is 1. The van der Waals surface area contributed by atoms with Crippen LogP contribution in [0.1, 0.15) is 5.69 Å². The molecule has 0 aliphatic heterocycles. The van der Waals surface area contributed by atoms with E-state index in [1.807, 2.05) is 25.1 Å². The quantitative estimate of drug-likeness (QED) is 0.305. The van der Waals surface area contributed by atoms with Gasteiger partial charge in [-0.15, -0.1) is 0 Å². The molecule has 0 aliphatic rings. The van der Waals surface area contributed by atoms with Crippen molar-refractivity contribution >= 4 is 0 Å². The molecule has 1 rings (SSSR count). The predicted octanol–water partition coefficient (Wildman–Crippen LogP) is 2.26. The van der Waals surface area contributed by atoms with E-state index in [2.05, 4.69) is 4.98 Å². The van der Waals surface area contributed by atoms with Gasteiger partial charge in [0.15, 0.2) is 0 Å². The monoisotopic (exact) mass is 135 g/mol. The van der Waals surface area contributed by atoms with Crippen molar-refractivity contribution in [2.45, 2.75) is 6.92 Å². The molecule has 0 spiro atoms. The van der Waals surface area contributed by atoms with E-state index in [4.69, 9.17) is 11.1 Å². The Balaban J connectivity index is 0.000000236. The fraction of sp³-hybridized carbons (Fsp3) is 0.167. The van der Waals surface area contributed by atoms with Crippen molar-refractivity contribution in [3.63, 3.8) is 0 Å². The van der Waals surface area contributed by atoms with Crippen molar-refractivity contribution < 1.29 is 0 Å². The first-order valence-electron chi connectivity index (χ1n) is 2.67. The highest BCUT2D eigenvalue weighted by Crippen LogP contribution is 1.85. The summed E-state index contributed by atoms with van der Waals surface area (Å²) in [7, 11) is 0. The van der Waals surface area contributed by atoms with E-state index in [0.29, 0.717) is 0 Å². The maximum atomic E-state index is 6.75. The van der Waals surface area contributed by atoms with Crippen LogP contribution in [0.2, 0.25) is 0 Å². The van der Waals surface area contributed by atoms with Gasteiger partial charge < -0.3 is 11.1 Å². The van der Waals surface area contributed by atoms with Crippen LogP contribution >= 0.6 is 0 Å². The second kappa shape index (κ2) is 5.59. The van der Waals surface area contributed by atoms with Crippen LogP contribution in [0.25, 0.3) is 16.0 Å². The molecule has 0 N–H and O–H groups in total. The van der Waals surface area contributed by atoms with Gasteiger partial charge in [-0.25, -0.2) is 0 Å². The van der Waals surface area contributed by atoms with Crippen molar-refractivity contribution in [2.24, 2.45) is 0 Å². The third-order valence-electron chi connectivity index (χ3n) is 0.813. The topological polar surface area (TPSA) is 71.6 Å². The fourth-order valence-corrected chi connectivity index (χ4v) is 0.448. The zero-order valence-corrected chi connectivity index (χ0v) is 5.60. The number of aryl methyl sites for hydroxylation is 1. The second-order valence-electron chi connectivity index (χ2n) is 1.56. The molecule has 4 heteroatoms. The number of hydrogen-bond donors (Lipinski definition) is 0. The van der Waals surface area contributed by atoms with Crippen molar-refractivity contribution in [3.8, 4) is 0 Å². The maximum absolute atomic E-state index is 6.75. The van der Waals surface area contributed by atoms with Gasteiger partial charge >= 0.3 is 0 Å². The summed E-state index contributed by atoms with van der Waals surface area (Å²) in [4.78, 5) is 5.48. The van der Waals surface area contributed by atoms with Gasteiger partial charge in [-0.3, -0.25) is 9.90 Å². The second-order valence-corrected chi connectivity index (χ2v) is 1.56. The lowest BCUT2D eigenvalue weighted by molar-refractivity contribution is 1.20. The van der Waals surface area contributed by atoms with Crippen LogP contribution < -0.4 is 0 Å². The Hall–Kier alpha value is -1.54. The summed E-state index contributed by atoms with van der Waals surface area (Å²) in [6, 6.07) is 5.86. The van der Waals surface area contributed by atoms with Crippen molar-refractivity contribution in [2.75, 3.05) is 0 Å². The Morgan fingerprint density at radius 1 is 1.40 bits per heavy atom. The largest absolute Gasteiger partial charge is 0.373 e. The molecule has 1 heterocycles. The lowest BCUT2D eigenvalue weighted by atomic mass is 10.4. The highest BCUT2D eigenvalue weighted by Gasteiger charge is 1.73. The maximum Gasteiger partial charge on any atom is 0.0372 e. The van der Waals surface area contributed by atoms with Gasteiger partial charge in [-0.1, -0.05) is 6.07 Å². The van der Waals surface area contributed by atoms with Gasteiger partial charge in [0, 0.05) is 11.9 Å². The Morgan fingerprint density at radius 3 is 2.20 bits per heavy atom.